The lowest BCUT2D eigenvalue weighted by molar-refractivity contribution is 0.00437. The summed E-state index contributed by atoms with van der Waals surface area (Å²) in [5, 5.41) is 13.1. The van der Waals surface area contributed by atoms with Crippen molar-refractivity contribution in [3.8, 4) is 11.1 Å². The van der Waals surface area contributed by atoms with Gasteiger partial charge in [-0.2, -0.15) is 0 Å². The number of nitrogens with zero attached hydrogens (tertiary/aromatic N) is 2. The standard InChI is InChI=1S/C27H31N3O4S/c1-19-8-10-21(11-9-19)23-18-35-27-25(23)26(32)28-24(29-27)15-30(12-13-33-2)14-22(31)17-34-16-20-6-4-3-5-7-20/h3-11,18,22,31H,12-17H2,1-2H3,(H,28,29,32). The molecule has 2 heterocycles. The Kier molecular flexibility index (Phi) is 8.79. The van der Waals surface area contributed by atoms with E-state index in [1.807, 2.05) is 71.8 Å². The highest BCUT2D eigenvalue weighted by Gasteiger charge is 2.17. The second-order valence-corrected chi connectivity index (χ2v) is 9.45. The number of hydrogen-bond donors (Lipinski definition) is 2. The van der Waals surface area contributed by atoms with E-state index in [9.17, 15) is 9.90 Å². The van der Waals surface area contributed by atoms with Crippen LogP contribution in [0.3, 0.4) is 0 Å². The number of rotatable bonds is 12. The summed E-state index contributed by atoms with van der Waals surface area (Å²) >= 11 is 1.47. The highest BCUT2D eigenvalue weighted by molar-refractivity contribution is 7.17. The molecule has 184 valence electrons. The average Bonchev–Trinajstić information content (AvgIpc) is 3.28. The van der Waals surface area contributed by atoms with E-state index in [2.05, 4.69) is 4.98 Å². The second kappa shape index (κ2) is 12.2. The predicted molar refractivity (Wildman–Crippen MR) is 140 cm³/mol. The van der Waals surface area contributed by atoms with Crippen LogP contribution in [-0.4, -0.2) is 59.5 Å². The average molecular weight is 494 g/mol. The van der Waals surface area contributed by atoms with Crippen molar-refractivity contribution in [1.29, 1.82) is 0 Å². The van der Waals surface area contributed by atoms with Crippen LogP contribution in [0.25, 0.3) is 21.3 Å². The van der Waals surface area contributed by atoms with Crippen LogP contribution in [0.2, 0.25) is 0 Å². The first-order valence-electron chi connectivity index (χ1n) is 11.6. The van der Waals surface area contributed by atoms with Crippen LogP contribution in [0.15, 0.2) is 64.8 Å². The predicted octanol–water partition coefficient (Wildman–Crippen LogP) is 3.99. The fourth-order valence-corrected chi connectivity index (χ4v) is 4.89. The van der Waals surface area contributed by atoms with Crippen LogP contribution in [-0.2, 0) is 22.6 Å². The molecule has 0 saturated heterocycles. The lowest BCUT2D eigenvalue weighted by Crippen LogP contribution is -2.37. The smallest absolute Gasteiger partial charge is 0.260 e. The van der Waals surface area contributed by atoms with Gasteiger partial charge in [0.25, 0.3) is 5.56 Å². The summed E-state index contributed by atoms with van der Waals surface area (Å²) in [4.78, 5) is 23.4. The van der Waals surface area contributed by atoms with Crippen molar-refractivity contribution < 1.29 is 14.6 Å². The molecule has 0 bridgehead atoms. The van der Waals surface area contributed by atoms with Crippen LogP contribution >= 0.6 is 11.3 Å². The maximum absolute atomic E-state index is 13.0. The van der Waals surface area contributed by atoms with Gasteiger partial charge in [-0.15, -0.1) is 11.3 Å². The number of aryl methyl sites for hydroxylation is 1. The Labute approximate surface area is 209 Å². The molecular weight excluding hydrogens is 462 g/mol. The van der Waals surface area contributed by atoms with Crippen LogP contribution < -0.4 is 5.56 Å². The number of benzene rings is 2. The maximum Gasteiger partial charge on any atom is 0.260 e. The van der Waals surface area contributed by atoms with Crippen LogP contribution in [0, 0.1) is 6.92 Å². The van der Waals surface area contributed by atoms with Gasteiger partial charge in [0.05, 0.1) is 37.9 Å². The van der Waals surface area contributed by atoms with Crippen molar-refractivity contribution in [2.45, 2.75) is 26.2 Å². The van der Waals surface area contributed by atoms with Crippen LogP contribution in [0.1, 0.15) is 17.0 Å². The number of aromatic amines is 1. The summed E-state index contributed by atoms with van der Waals surface area (Å²) in [5.74, 6) is 0.563. The van der Waals surface area contributed by atoms with Crippen molar-refractivity contribution in [2.75, 3.05) is 33.4 Å². The number of thiophene rings is 1. The molecule has 0 aliphatic carbocycles. The van der Waals surface area contributed by atoms with Crippen molar-refractivity contribution >= 4 is 21.6 Å². The molecule has 35 heavy (non-hydrogen) atoms. The Balaban J connectivity index is 1.43. The van der Waals surface area contributed by atoms with E-state index in [4.69, 9.17) is 14.5 Å². The molecule has 0 aliphatic heterocycles. The monoisotopic (exact) mass is 493 g/mol. The van der Waals surface area contributed by atoms with Crippen LogP contribution in [0.4, 0.5) is 0 Å². The molecule has 2 aromatic heterocycles. The number of H-pyrrole nitrogens is 1. The molecule has 4 aromatic rings. The minimum absolute atomic E-state index is 0.153. The molecule has 7 nitrogen and oxygen atoms in total. The zero-order valence-electron chi connectivity index (χ0n) is 20.1. The third-order valence-corrected chi connectivity index (χ3v) is 6.60. The number of aromatic nitrogens is 2. The molecule has 2 N–H and O–H groups in total. The van der Waals surface area contributed by atoms with Gasteiger partial charge in [-0.25, -0.2) is 4.98 Å². The number of aliphatic hydroxyl groups is 1. The van der Waals surface area contributed by atoms with Crippen molar-refractivity contribution in [3.63, 3.8) is 0 Å². The summed E-state index contributed by atoms with van der Waals surface area (Å²) in [5.41, 5.74) is 3.98. The van der Waals surface area contributed by atoms with Gasteiger partial charge in [-0.05, 0) is 18.1 Å². The summed E-state index contributed by atoms with van der Waals surface area (Å²) in [6.07, 6.45) is -0.680. The van der Waals surface area contributed by atoms with Gasteiger partial charge >= 0.3 is 0 Å². The fourth-order valence-electron chi connectivity index (χ4n) is 3.92. The first-order chi connectivity index (χ1) is 17.0. The topological polar surface area (TPSA) is 87.7 Å². The molecule has 4 rings (SSSR count). The maximum atomic E-state index is 13.0. The summed E-state index contributed by atoms with van der Waals surface area (Å²) in [6.45, 7) is 4.56. The summed E-state index contributed by atoms with van der Waals surface area (Å²) < 4.78 is 10.9. The van der Waals surface area contributed by atoms with Gasteiger partial charge in [-0.3, -0.25) is 9.69 Å². The van der Waals surface area contributed by atoms with Gasteiger partial charge in [-0.1, -0.05) is 60.2 Å². The quantitative estimate of drug-likeness (QED) is 0.310. The minimum atomic E-state index is -0.680. The van der Waals surface area contributed by atoms with Crippen molar-refractivity contribution in [3.05, 3.63) is 87.3 Å². The van der Waals surface area contributed by atoms with E-state index in [0.717, 1.165) is 16.7 Å². The van der Waals surface area contributed by atoms with Gasteiger partial charge < -0.3 is 19.6 Å². The zero-order chi connectivity index (χ0) is 24.6. The first-order valence-corrected chi connectivity index (χ1v) is 12.5. The number of hydrogen-bond acceptors (Lipinski definition) is 7. The minimum Gasteiger partial charge on any atom is -0.389 e. The van der Waals surface area contributed by atoms with E-state index < -0.39 is 6.10 Å². The molecule has 2 aromatic carbocycles. The normalized spacial score (nSPS) is 12.5. The van der Waals surface area contributed by atoms with E-state index in [0.29, 0.717) is 48.9 Å². The van der Waals surface area contributed by atoms with Crippen molar-refractivity contribution in [1.82, 2.24) is 14.9 Å². The van der Waals surface area contributed by atoms with E-state index >= 15 is 0 Å². The Morgan fingerprint density at radius 2 is 1.91 bits per heavy atom. The zero-order valence-corrected chi connectivity index (χ0v) is 20.9. The first kappa shape index (κ1) is 25.2. The van der Waals surface area contributed by atoms with Gasteiger partial charge in [0.15, 0.2) is 0 Å². The molecule has 0 radical (unpaired) electrons. The van der Waals surface area contributed by atoms with Gasteiger partial charge in [0.2, 0.25) is 0 Å². The molecule has 0 amide bonds. The molecule has 1 unspecified atom stereocenters. The largest absolute Gasteiger partial charge is 0.389 e. The number of nitrogens with one attached hydrogen (secondary N) is 1. The number of methoxy groups -OCH3 is 1. The molecule has 0 saturated carbocycles. The SMILES string of the molecule is COCCN(Cc1nc2scc(-c3ccc(C)cc3)c2c(=O)[nH]1)CC(O)COCc1ccccc1. The molecule has 0 fully saturated rings. The summed E-state index contributed by atoms with van der Waals surface area (Å²) in [6, 6.07) is 18.0. The molecule has 8 heteroatoms. The highest BCUT2D eigenvalue weighted by atomic mass is 32.1. The Hall–Kier alpha value is -2.88. The van der Waals surface area contributed by atoms with E-state index in [1.54, 1.807) is 7.11 Å². The number of aliphatic hydroxyl groups excluding tert-OH is 1. The summed E-state index contributed by atoms with van der Waals surface area (Å²) in [7, 11) is 1.64. The van der Waals surface area contributed by atoms with Crippen LogP contribution in [0.5, 0.6) is 0 Å². The lowest BCUT2D eigenvalue weighted by Gasteiger charge is -2.24. The fraction of sp³-hybridized carbons (Fsp3) is 0.333. The lowest BCUT2D eigenvalue weighted by atomic mass is 10.1. The molecule has 0 spiro atoms. The van der Waals surface area contributed by atoms with E-state index in [-0.39, 0.29) is 12.2 Å². The Morgan fingerprint density at radius 3 is 2.66 bits per heavy atom. The highest BCUT2D eigenvalue weighted by Crippen LogP contribution is 2.30. The Morgan fingerprint density at radius 1 is 1.14 bits per heavy atom. The molecule has 0 aliphatic rings. The third kappa shape index (κ3) is 6.84. The third-order valence-electron chi connectivity index (χ3n) is 5.73. The molecule has 1 atom stereocenters. The van der Waals surface area contributed by atoms with Gasteiger partial charge in [0.1, 0.15) is 10.7 Å². The van der Waals surface area contributed by atoms with E-state index in [1.165, 1.54) is 16.9 Å². The van der Waals surface area contributed by atoms with Gasteiger partial charge in [0, 0.05) is 31.1 Å². The number of ether oxygens (including phenoxy) is 2. The number of fused-ring (bicyclic) bond motifs is 1. The van der Waals surface area contributed by atoms with Crippen molar-refractivity contribution in [2.24, 2.45) is 0 Å². The Bertz CT molecular complexity index is 1270. The second-order valence-electron chi connectivity index (χ2n) is 8.59. The molecular formula is C27H31N3O4S.